The van der Waals surface area contributed by atoms with E-state index in [0.29, 0.717) is 13.0 Å². The van der Waals surface area contributed by atoms with E-state index < -0.39 is 0 Å². The van der Waals surface area contributed by atoms with Gasteiger partial charge in [-0.05, 0) is 19.3 Å². The minimum atomic E-state index is -0.0964. The van der Waals surface area contributed by atoms with Crippen LogP contribution in [0.4, 0.5) is 0 Å². The Hall–Kier alpha value is -0.830. The molecule has 88 valence electrons. The smallest absolute Gasteiger partial charge is 0.305 e. The van der Waals surface area contributed by atoms with Crippen molar-refractivity contribution in [3.63, 3.8) is 0 Å². The van der Waals surface area contributed by atoms with Crippen molar-refractivity contribution in [1.82, 2.24) is 0 Å². The largest absolute Gasteiger partial charge is 0.469 e. The maximum Gasteiger partial charge on any atom is 0.305 e. The topological polar surface area (TPSA) is 52.3 Å². The Morgan fingerprint density at radius 2 is 1.80 bits per heavy atom. The van der Waals surface area contributed by atoms with Gasteiger partial charge in [0, 0.05) is 13.0 Å². The average Bonchev–Trinajstić information content (AvgIpc) is 2.26. The van der Waals surface area contributed by atoms with Gasteiger partial charge in [0.2, 0.25) is 0 Å². The molecule has 2 N–H and O–H groups in total. The lowest BCUT2D eigenvalue weighted by Crippen LogP contribution is -1.99. The van der Waals surface area contributed by atoms with Gasteiger partial charge in [0.05, 0.1) is 7.11 Å². The Balaban J connectivity index is 3.05. The molecule has 0 aliphatic rings. The third-order valence-electron chi connectivity index (χ3n) is 2.28. The molecule has 0 unspecified atom stereocenters. The van der Waals surface area contributed by atoms with E-state index in [9.17, 15) is 4.79 Å². The number of hydrogen-bond acceptors (Lipinski definition) is 3. The second-order valence-electron chi connectivity index (χ2n) is 3.59. The highest BCUT2D eigenvalue weighted by atomic mass is 16.5. The van der Waals surface area contributed by atoms with E-state index in [1.807, 2.05) is 6.08 Å². The average molecular weight is 213 g/mol. The van der Waals surface area contributed by atoms with Gasteiger partial charge in [-0.15, -0.1) is 0 Å². The molecule has 0 saturated carbocycles. The molecule has 3 nitrogen and oxygen atoms in total. The maximum absolute atomic E-state index is 10.8. The summed E-state index contributed by atoms with van der Waals surface area (Å²) >= 11 is 0. The zero-order chi connectivity index (χ0) is 11.4. The van der Waals surface area contributed by atoms with Crippen molar-refractivity contribution in [3.05, 3.63) is 12.2 Å². The molecule has 0 bridgehead atoms. The van der Waals surface area contributed by atoms with Gasteiger partial charge in [-0.25, -0.2) is 0 Å². The lowest BCUT2D eigenvalue weighted by atomic mass is 10.1. The highest BCUT2D eigenvalue weighted by Gasteiger charge is 1.98. The molecule has 0 atom stereocenters. The van der Waals surface area contributed by atoms with Gasteiger partial charge in [0.15, 0.2) is 0 Å². The van der Waals surface area contributed by atoms with Crippen molar-refractivity contribution in [2.45, 2.75) is 44.9 Å². The Bertz CT molecular complexity index is 178. The molecule has 0 heterocycles. The molecule has 0 aromatic rings. The van der Waals surface area contributed by atoms with Crippen LogP contribution in [0, 0.1) is 0 Å². The van der Waals surface area contributed by atoms with E-state index in [4.69, 9.17) is 5.73 Å². The molecule has 0 aromatic heterocycles. The normalized spacial score (nSPS) is 10.8. The first kappa shape index (κ1) is 14.2. The lowest BCUT2D eigenvalue weighted by molar-refractivity contribution is -0.140. The van der Waals surface area contributed by atoms with Crippen molar-refractivity contribution < 1.29 is 9.53 Å². The number of allylic oxidation sites excluding steroid dienone is 1. The second-order valence-corrected chi connectivity index (χ2v) is 3.59. The van der Waals surface area contributed by atoms with Gasteiger partial charge in [-0.2, -0.15) is 0 Å². The lowest BCUT2D eigenvalue weighted by Gasteiger charge is -1.99. The quantitative estimate of drug-likeness (QED) is 0.363. The summed E-state index contributed by atoms with van der Waals surface area (Å²) in [4.78, 5) is 10.8. The van der Waals surface area contributed by atoms with E-state index in [1.165, 1.54) is 26.4 Å². The fourth-order valence-corrected chi connectivity index (χ4v) is 1.38. The van der Waals surface area contributed by atoms with E-state index in [-0.39, 0.29) is 5.97 Å². The number of ether oxygens (including phenoxy) is 1. The van der Waals surface area contributed by atoms with Crippen LogP contribution in [0.5, 0.6) is 0 Å². The summed E-state index contributed by atoms with van der Waals surface area (Å²) in [5.74, 6) is -0.0964. The molecular weight excluding hydrogens is 190 g/mol. The molecule has 0 rings (SSSR count). The minimum absolute atomic E-state index is 0.0964. The molecular formula is C12H23NO2. The van der Waals surface area contributed by atoms with Gasteiger partial charge >= 0.3 is 5.97 Å². The highest BCUT2D eigenvalue weighted by molar-refractivity contribution is 5.68. The van der Waals surface area contributed by atoms with Crippen molar-refractivity contribution in [2.24, 2.45) is 5.73 Å². The molecule has 0 spiro atoms. The summed E-state index contributed by atoms with van der Waals surface area (Å²) < 4.78 is 4.56. The SMILES string of the molecule is COC(=O)CCCCCCC/C=C/CN. The highest BCUT2D eigenvalue weighted by Crippen LogP contribution is 2.07. The monoisotopic (exact) mass is 213 g/mol. The summed E-state index contributed by atoms with van der Waals surface area (Å²) in [5, 5.41) is 0. The van der Waals surface area contributed by atoms with E-state index >= 15 is 0 Å². The standard InChI is InChI=1S/C12H23NO2/c1-15-12(14)10-8-6-4-2-3-5-7-9-11-13/h7,9H,2-6,8,10-11,13H2,1H3/b9-7+. The maximum atomic E-state index is 10.8. The molecule has 3 heteroatoms. The Labute approximate surface area is 92.7 Å². The van der Waals surface area contributed by atoms with Crippen LogP contribution < -0.4 is 5.73 Å². The van der Waals surface area contributed by atoms with Crippen LogP contribution in [0.2, 0.25) is 0 Å². The summed E-state index contributed by atoms with van der Waals surface area (Å²) in [6.07, 6.45) is 11.5. The number of carbonyl (C=O) groups is 1. The van der Waals surface area contributed by atoms with Crippen molar-refractivity contribution in [1.29, 1.82) is 0 Å². The molecule has 0 radical (unpaired) electrons. The van der Waals surface area contributed by atoms with Crippen molar-refractivity contribution in [2.75, 3.05) is 13.7 Å². The number of unbranched alkanes of at least 4 members (excludes halogenated alkanes) is 5. The van der Waals surface area contributed by atoms with Crippen LogP contribution in [0.3, 0.4) is 0 Å². The van der Waals surface area contributed by atoms with Crippen LogP contribution in [0.1, 0.15) is 44.9 Å². The molecule has 0 aromatic carbocycles. The minimum Gasteiger partial charge on any atom is -0.469 e. The van der Waals surface area contributed by atoms with Gasteiger partial charge in [-0.3, -0.25) is 4.79 Å². The molecule has 0 saturated heterocycles. The fraction of sp³-hybridized carbons (Fsp3) is 0.750. The summed E-state index contributed by atoms with van der Waals surface area (Å²) in [6, 6.07) is 0. The molecule has 15 heavy (non-hydrogen) atoms. The van der Waals surface area contributed by atoms with Crippen LogP contribution in [0.25, 0.3) is 0 Å². The van der Waals surface area contributed by atoms with Gasteiger partial charge < -0.3 is 10.5 Å². The summed E-state index contributed by atoms with van der Waals surface area (Å²) in [6.45, 7) is 0.638. The first-order valence-electron chi connectivity index (χ1n) is 5.73. The fourth-order valence-electron chi connectivity index (χ4n) is 1.38. The van der Waals surface area contributed by atoms with Crippen LogP contribution in [-0.4, -0.2) is 19.6 Å². The Morgan fingerprint density at radius 3 is 2.47 bits per heavy atom. The first-order valence-corrected chi connectivity index (χ1v) is 5.73. The van der Waals surface area contributed by atoms with E-state index in [1.54, 1.807) is 0 Å². The first-order chi connectivity index (χ1) is 7.31. The van der Waals surface area contributed by atoms with Crippen LogP contribution in [0.15, 0.2) is 12.2 Å². The second kappa shape index (κ2) is 11.2. The summed E-state index contributed by atoms with van der Waals surface area (Å²) in [5.41, 5.74) is 5.32. The predicted octanol–water partition coefficient (Wildman–Crippen LogP) is 2.41. The van der Waals surface area contributed by atoms with Crippen molar-refractivity contribution in [3.8, 4) is 0 Å². The van der Waals surface area contributed by atoms with Gasteiger partial charge in [0.1, 0.15) is 0 Å². The molecule has 0 aliphatic heterocycles. The zero-order valence-corrected chi connectivity index (χ0v) is 9.71. The van der Waals surface area contributed by atoms with Crippen molar-refractivity contribution >= 4 is 5.97 Å². The third kappa shape index (κ3) is 11.1. The van der Waals surface area contributed by atoms with E-state index in [2.05, 4.69) is 10.8 Å². The molecule has 0 amide bonds. The van der Waals surface area contributed by atoms with Crippen LogP contribution in [-0.2, 0) is 9.53 Å². The zero-order valence-electron chi connectivity index (χ0n) is 9.71. The molecule has 0 fully saturated rings. The summed E-state index contributed by atoms with van der Waals surface area (Å²) in [7, 11) is 1.44. The van der Waals surface area contributed by atoms with E-state index in [0.717, 1.165) is 19.3 Å². The number of nitrogens with two attached hydrogens (primary N) is 1. The van der Waals surface area contributed by atoms with Gasteiger partial charge in [-0.1, -0.05) is 31.4 Å². The van der Waals surface area contributed by atoms with Crippen LogP contribution >= 0.6 is 0 Å². The predicted molar refractivity (Wildman–Crippen MR) is 62.5 cm³/mol. The number of rotatable bonds is 9. The third-order valence-corrected chi connectivity index (χ3v) is 2.28. The Morgan fingerprint density at radius 1 is 1.13 bits per heavy atom. The number of esters is 1. The van der Waals surface area contributed by atoms with Gasteiger partial charge in [0.25, 0.3) is 0 Å². The number of methoxy groups -OCH3 is 1. The Kier molecular flexibility index (Phi) is 10.6. The molecule has 0 aliphatic carbocycles. The number of carbonyl (C=O) groups excluding carboxylic acids is 1. The number of hydrogen-bond donors (Lipinski definition) is 1.